The van der Waals surface area contributed by atoms with Crippen LogP contribution in [-0.2, 0) is 4.79 Å². The monoisotopic (exact) mass is 373 g/mol. The smallest absolute Gasteiger partial charge is 0.276 e. The zero-order valence-electron chi connectivity index (χ0n) is 15.0. The lowest BCUT2D eigenvalue weighted by Crippen LogP contribution is -3.06. The topological polar surface area (TPSA) is 66.8 Å². The summed E-state index contributed by atoms with van der Waals surface area (Å²) < 4.78 is 5.48. The summed E-state index contributed by atoms with van der Waals surface area (Å²) >= 11 is 5.08. The van der Waals surface area contributed by atoms with Crippen molar-refractivity contribution in [2.24, 2.45) is 0 Å². The van der Waals surface area contributed by atoms with Crippen LogP contribution in [0.15, 0.2) is 54.6 Å². The largest absolute Gasteiger partial charge is 0.484 e. The molecule has 0 fully saturated rings. The Bertz CT molecular complexity index is 705. The molecule has 0 spiro atoms. The highest BCUT2D eigenvalue weighted by atomic mass is 32.1. The molecule has 0 heterocycles. The molecule has 2 rings (SSSR count). The number of ether oxygens (including phenoxy) is 1. The fourth-order valence-corrected chi connectivity index (χ4v) is 2.31. The third-order valence-electron chi connectivity index (χ3n) is 3.56. The summed E-state index contributed by atoms with van der Waals surface area (Å²) in [6.07, 6.45) is 0. The van der Waals surface area contributed by atoms with Crippen molar-refractivity contribution >= 4 is 23.2 Å². The number of carbonyl (C=O) groups is 1. The van der Waals surface area contributed by atoms with Crippen molar-refractivity contribution in [1.29, 1.82) is 0 Å². The average Bonchev–Trinajstić information content (AvgIpc) is 2.65. The maximum absolute atomic E-state index is 11.8. The Morgan fingerprint density at radius 3 is 2.31 bits per heavy atom. The first kappa shape index (κ1) is 19.7. The average molecular weight is 374 g/mol. The van der Waals surface area contributed by atoms with E-state index < -0.39 is 0 Å². The van der Waals surface area contributed by atoms with Gasteiger partial charge in [-0.2, -0.15) is 0 Å². The van der Waals surface area contributed by atoms with Crippen LogP contribution in [0.4, 0.5) is 0 Å². The number of benzene rings is 2. The maximum atomic E-state index is 11.8. The van der Waals surface area contributed by atoms with Gasteiger partial charge in [0.25, 0.3) is 5.91 Å². The van der Waals surface area contributed by atoms with Gasteiger partial charge >= 0.3 is 0 Å². The lowest BCUT2D eigenvalue weighted by molar-refractivity contribution is -0.856. The number of hydrogen-bond acceptors (Lipinski definition) is 3. The molecule has 4 N–H and O–H groups in total. The van der Waals surface area contributed by atoms with Crippen LogP contribution in [0.5, 0.6) is 5.75 Å². The highest BCUT2D eigenvalue weighted by Crippen LogP contribution is 2.21. The van der Waals surface area contributed by atoms with Gasteiger partial charge in [-0.25, -0.2) is 0 Å². The van der Waals surface area contributed by atoms with Crippen LogP contribution >= 0.6 is 12.2 Å². The minimum atomic E-state index is -0.306. The Hall–Kier alpha value is -2.64. The Kier molecular flexibility index (Phi) is 7.85. The van der Waals surface area contributed by atoms with E-state index in [0.29, 0.717) is 10.9 Å². The number of quaternary nitrogens is 1. The van der Waals surface area contributed by atoms with Crippen molar-refractivity contribution in [1.82, 2.24) is 16.2 Å². The summed E-state index contributed by atoms with van der Waals surface area (Å²) in [6, 6.07) is 17.7. The zero-order valence-corrected chi connectivity index (χ0v) is 15.9. The SMILES string of the molecule is C[NH+](C)CCNC(=S)NNC(=O)COc1ccc(-c2ccccc2)cc1. The number of amides is 1. The fraction of sp³-hybridized carbons (Fsp3) is 0.263. The zero-order chi connectivity index (χ0) is 18.8. The Morgan fingerprint density at radius 2 is 1.65 bits per heavy atom. The maximum Gasteiger partial charge on any atom is 0.276 e. The summed E-state index contributed by atoms with van der Waals surface area (Å²) in [5, 5.41) is 3.39. The van der Waals surface area contributed by atoms with E-state index >= 15 is 0 Å². The third kappa shape index (κ3) is 7.08. The van der Waals surface area contributed by atoms with E-state index in [1.54, 1.807) is 0 Å². The van der Waals surface area contributed by atoms with E-state index in [-0.39, 0.29) is 12.5 Å². The van der Waals surface area contributed by atoms with Crippen molar-refractivity contribution in [2.75, 3.05) is 33.8 Å². The van der Waals surface area contributed by atoms with Gasteiger partial charge < -0.3 is 15.0 Å². The molecule has 2 aromatic carbocycles. The molecule has 0 unspecified atom stereocenters. The van der Waals surface area contributed by atoms with Gasteiger partial charge in [0.15, 0.2) is 11.7 Å². The Labute approximate surface area is 159 Å². The molecular formula is C19H25N4O2S+. The molecule has 6 nitrogen and oxygen atoms in total. The predicted octanol–water partition coefficient (Wildman–Crippen LogP) is 0.372. The van der Waals surface area contributed by atoms with Gasteiger partial charge in [-0.1, -0.05) is 42.5 Å². The minimum Gasteiger partial charge on any atom is -0.484 e. The van der Waals surface area contributed by atoms with Gasteiger partial charge in [0.2, 0.25) is 0 Å². The van der Waals surface area contributed by atoms with Gasteiger partial charge in [-0.3, -0.25) is 15.6 Å². The number of rotatable bonds is 7. The molecule has 138 valence electrons. The van der Waals surface area contributed by atoms with E-state index in [9.17, 15) is 4.79 Å². The number of nitrogens with one attached hydrogen (secondary N) is 4. The summed E-state index contributed by atoms with van der Waals surface area (Å²) in [6.45, 7) is 1.56. The number of hydrazine groups is 1. The summed E-state index contributed by atoms with van der Waals surface area (Å²) in [4.78, 5) is 13.1. The lowest BCUT2D eigenvalue weighted by atomic mass is 10.1. The quantitative estimate of drug-likeness (QED) is 0.417. The van der Waals surface area contributed by atoms with E-state index in [4.69, 9.17) is 17.0 Å². The van der Waals surface area contributed by atoms with Crippen LogP contribution in [0.2, 0.25) is 0 Å². The fourth-order valence-electron chi connectivity index (χ4n) is 2.16. The van der Waals surface area contributed by atoms with Crippen molar-refractivity contribution in [3.63, 3.8) is 0 Å². The molecule has 0 aliphatic heterocycles. The number of carbonyl (C=O) groups excluding carboxylic acids is 1. The second kappa shape index (κ2) is 10.4. The number of hydrogen-bond donors (Lipinski definition) is 4. The van der Waals surface area contributed by atoms with Crippen molar-refractivity contribution < 1.29 is 14.4 Å². The van der Waals surface area contributed by atoms with Gasteiger partial charge in [-0.15, -0.1) is 0 Å². The second-order valence-corrected chi connectivity index (χ2v) is 6.47. The molecule has 2 aromatic rings. The third-order valence-corrected chi connectivity index (χ3v) is 3.80. The van der Waals surface area contributed by atoms with Crippen LogP contribution in [0.25, 0.3) is 11.1 Å². The van der Waals surface area contributed by atoms with Gasteiger partial charge in [0, 0.05) is 0 Å². The summed E-state index contributed by atoms with van der Waals surface area (Å²) in [5.74, 6) is 0.328. The van der Waals surface area contributed by atoms with Gasteiger partial charge in [0.1, 0.15) is 5.75 Å². The normalized spacial score (nSPS) is 10.3. The standard InChI is InChI=1S/C19H24N4O2S/c1-23(2)13-12-20-19(26)22-21-18(24)14-25-17-10-8-16(9-11-17)15-6-4-3-5-7-15/h3-11H,12-14H2,1-2H3,(H,21,24)(H2,20,22,26)/p+1. The molecular weight excluding hydrogens is 348 g/mol. The number of thiocarbonyl (C=S) groups is 1. The molecule has 0 aliphatic rings. The molecule has 0 bridgehead atoms. The molecule has 0 radical (unpaired) electrons. The van der Waals surface area contributed by atoms with Crippen LogP contribution in [-0.4, -0.2) is 44.8 Å². The molecule has 0 atom stereocenters. The van der Waals surface area contributed by atoms with Crippen molar-refractivity contribution in [3.8, 4) is 16.9 Å². The molecule has 0 aromatic heterocycles. The highest BCUT2D eigenvalue weighted by molar-refractivity contribution is 7.80. The van der Waals surface area contributed by atoms with Gasteiger partial charge in [0.05, 0.1) is 27.2 Å². The van der Waals surface area contributed by atoms with Gasteiger partial charge in [-0.05, 0) is 35.5 Å². The first-order chi connectivity index (χ1) is 12.5. The number of likely N-dealkylation sites (N-methyl/N-ethyl adjacent to an activating group) is 1. The van der Waals surface area contributed by atoms with E-state index in [1.165, 1.54) is 4.90 Å². The van der Waals surface area contributed by atoms with Crippen molar-refractivity contribution in [2.45, 2.75) is 0 Å². The molecule has 26 heavy (non-hydrogen) atoms. The first-order valence-electron chi connectivity index (χ1n) is 8.44. The van der Waals surface area contributed by atoms with Crippen LogP contribution in [0.3, 0.4) is 0 Å². The van der Waals surface area contributed by atoms with Crippen molar-refractivity contribution in [3.05, 3.63) is 54.6 Å². The molecule has 7 heteroatoms. The first-order valence-corrected chi connectivity index (χ1v) is 8.85. The Morgan fingerprint density at radius 1 is 1.00 bits per heavy atom. The molecule has 0 aliphatic carbocycles. The lowest BCUT2D eigenvalue weighted by Gasteiger charge is -2.13. The minimum absolute atomic E-state index is 0.0951. The molecule has 0 saturated carbocycles. The van der Waals surface area contributed by atoms with E-state index in [1.807, 2.05) is 54.6 Å². The molecule has 1 amide bonds. The summed E-state index contributed by atoms with van der Waals surface area (Å²) in [7, 11) is 4.12. The van der Waals surface area contributed by atoms with E-state index in [2.05, 4.69) is 30.3 Å². The predicted molar refractivity (Wildman–Crippen MR) is 107 cm³/mol. The van der Waals surface area contributed by atoms with Crippen LogP contribution < -0.4 is 25.8 Å². The summed E-state index contributed by atoms with van der Waals surface area (Å²) in [5.41, 5.74) is 7.39. The second-order valence-electron chi connectivity index (χ2n) is 6.07. The van der Waals surface area contributed by atoms with E-state index in [0.717, 1.165) is 24.2 Å². The Balaban J connectivity index is 1.70. The van der Waals surface area contributed by atoms with Crippen LogP contribution in [0.1, 0.15) is 0 Å². The molecule has 0 saturated heterocycles. The highest BCUT2D eigenvalue weighted by Gasteiger charge is 2.04. The van der Waals surface area contributed by atoms with Crippen LogP contribution in [0, 0.1) is 0 Å².